The Labute approximate surface area is 109 Å². The molecule has 0 unspecified atom stereocenters. The first kappa shape index (κ1) is 13.3. The third-order valence-corrected chi connectivity index (χ3v) is 3.86. The van der Waals surface area contributed by atoms with Gasteiger partial charge < -0.3 is 10.6 Å². The van der Waals surface area contributed by atoms with Crippen molar-refractivity contribution in [1.29, 1.82) is 0 Å². The Balaban J connectivity index is 2.02. The maximum absolute atomic E-state index is 14.0. The van der Waals surface area contributed by atoms with Crippen LogP contribution in [0.5, 0.6) is 0 Å². The van der Waals surface area contributed by atoms with Crippen LogP contribution in [0.25, 0.3) is 0 Å². The number of rotatable bonds is 5. The summed E-state index contributed by atoms with van der Waals surface area (Å²) in [6.07, 6.45) is 5.98. The standard InChI is InChI=1S/C15H23FN2/c1-18(11-13-4-2-3-5-13)15-7-6-12(8-9-17)10-14(15)16/h6-7,10,13H,2-5,8-9,11,17H2,1H3. The van der Waals surface area contributed by atoms with Crippen molar-refractivity contribution in [3.05, 3.63) is 29.6 Å². The average molecular weight is 250 g/mol. The van der Waals surface area contributed by atoms with E-state index in [0.717, 1.165) is 24.4 Å². The summed E-state index contributed by atoms with van der Waals surface area (Å²) in [5.74, 6) is 0.611. The van der Waals surface area contributed by atoms with Gasteiger partial charge in [0.05, 0.1) is 5.69 Å². The van der Waals surface area contributed by atoms with E-state index in [9.17, 15) is 4.39 Å². The topological polar surface area (TPSA) is 29.3 Å². The van der Waals surface area contributed by atoms with Gasteiger partial charge in [-0.1, -0.05) is 18.9 Å². The number of hydrogen-bond donors (Lipinski definition) is 1. The van der Waals surface area contributed by atoms with Crippen molar-refractivity contribution >= 4 is 5.69 Å². The number of nitrogens with two attached hydrogens (primary N) is 1. The Morgan fingerprint density at radius 2 is 2.06 bits per heavy atom. The highest BCUT2D eigenvalue weighted by Gasteiger charge is 2.18. The van der Waals surface area contributed by atoms with E-state index in [4.69, 9.17) is 5.73 Å². The fourth-order valence-electron chi connectivity index (χ4n) is 2.86. The van der Waals surface area contributed by atoms with Gasteiger partial charge in [0, 0.05) is 13.6 Å². The van der Waals surface area contributed by atoms with E-state index in [0.29, 0.717) is 12.2 Å². The molecule has 1 aliphatic rings. The van der Waals surface area contributed by atoms with Crippen LogP contribution in [0, 0.1) is 11.7 Å². The van der Waals surface area contributed by atoms with E-state index < -0.39 is 0 Å². The second-order valence-corrected chi connectivity index (χ2v) is 5.36. The zero-order chi connectivity index (χ0) is 13.0. The average Bonchev–Trinajstić information content (AvgIpc) is 2.82. The fourth-order valence-corrected chi connectivity index (χ4v) is 2.86. The van der Waals surface area contributed by atoms with Crippen LogP contribution in [0.4, 0.5) is 10.1 Å². The molecule has 18 heavy (non-hydrogen) atoms. The van der Waals surface area contributed by atoms with Crippen molar-refractivity contribution < 1.29 is 4.39 Å². The third-order valence-electron chi connectivity index (χ3n) is 3.86. The van der Waals surface area contributed by atoms with Gasteiger partial charge in [-0.3, -0.25) is 0 Å². The largest absolute Gasteiger partial charge is 0.372 e. The highest BCUT2D eigenvalue weighted by Crippen LogP contribution is 2.28. The van der Waals surface area contributed by atoms with Crippen LogP contribution in [-0.2, 0) is 6.42 Å². The Morgan fingerprint density at radius 1 is 1.33 bits per heavy atom. The van der Waals surface area contributed by atoms with Crippen LogP contribution >= 0.6 is 0 Å². The van der Waals surface area contributed by atoms with E-state index >= 15 is 0 Å². The lowest BCUT2D eigenvalue weighted by molar-refractivity contribution is 0.538. The molecular formula is C15H23FN2. The number of anilines is 1. The van der Waals surface area contributed by atoms with Crippen LogP contribution in [-0.4, -0.2) is 20.1 Å². The first-order valence-electron chi connectivity index (χ1n) is 6.90. The second-order valence-electron chi connectivity index (χ2n) is 5.36. The fraction of sp³-hybridized carbons (Fsp3) is 0.600. The highest BCUT2D eigenvalue weighted by molar-refractivity contribution is 5.48. The molecule has 3 heteroatoms. The lowest BCUT2D eigenvalue weighted by Crippen LogP contribution is -2.24. The van der Waals surface area contributed by atoms with Crippen molar-refractivity contribution in [3.63, 3.8) is 0 Å². The van der Waals surface area contributed by atoms with Gasteiger partial charge in [0.2, 0.25) is 0 Å². The maximum Gasteiger partial charge on any atom is 0.146 e. The van der Waals surface area contributed by atoms with E-state index in [1.165, 1.54) is 25.7 Å². The lowest BCUT2D eigenvalue weighted by atomic mass is 10.1. The summed E-state index contributed by atoms with van der Waals surface area (Å²) in [4.78, 5) is 2.05. The van der Waals surface area contributed by atoms with E-state index in [-0.39, 0.29) is 5.82 Å². The number of halogens is 1. The second kappa shape index (κ2) is 6.19. The minimum absolute atomic E-state index is 0.124. The van der Waals surface area contributed by atoms with Crippen LogP contribution in [0.15, 0.2) is 18.2 Å². The molecule has 0 aromatic heterocycles. The number of hydrogen-bond acceptors (Lipinski definition) is 2. The van der Waals surface area contributed by atoms with Crippen LogP contribution in [0.1, 0.15) is 31.2 Å². The van der Waals surface area contributed by atoms with E-state index in [1.807, 2.05) is 19.2 Å². The van der Waals surface area contributed by atoms with Crippen LogP contribution in [0.2, 0.25) is 0 Å². The minimum Gasteiger partial charge on any atom is -0.372 e. The zero-order valence-electron chi connectivity index (χ0n) is 11.2. The predicted octanol–water partition coefficient (Wildman–Crippen LogP) is 2.95. The Hall–Kier alpha value is -1.09. The van der Waals surface area contributed by atoms with E-state index in [1.54, 1.807) is 6.07 Å². The summed E-state index contributed by atoms with van der Waals surface area (Å²) in [5, 5.41) is 0. The normalized spacial score (nSPS) is 16.2. The van der Waals surface area contributed by atoms with Crippen molar-refractivity contribution in [2.75, 3.05) is 25.0 Å². The Kier molecular flexibility index (Phi) is 4.59. The monoisotopic (exact) mass is 250 g/mol. The van der Waals surface area contributed by atoms with Gasteiger partial charge in [-0.25, -0.2) is 4.39 Å². The molecule has 0 radical (unpaired) electrons. The molecule has 1 aliphatic carbocycles. The lowest BCUT2D eigenvalue weighted by Gasteiger charge is -2.23. The molecule has 1 aromatic carbocycles. The Bertz CT molecular complexity index is 386. The van der Waals surface area contributed by atoms with Gasteiger partial charge in [0.15, 0.2) is 0 Å². The predicted molar refractivity (Wildman–Crippen MR) is 74.4 cm³/mol. The SMILES string of the molecule is CN(CC1CCCC1)c1ccc(CCN)cc1F. The third kappa shape index (κ3) is 3.22. The first-order chi connectivity index (χ1) is 8.70. The van der Waals surface area contributed by atoms with Crippen molar-refractivity contribution in [2.45, 2.75) is 32.1 Å². The molecule has 0 atom stereocenters. The summed E-state index contributed by atoms with van der Waals surface area (Å²) >= 11 is 0. The van der Waals surface area contributed by atoms with Crippen molar-refractivity contribution in [3.8, 4) is 0 Å². The maximum atomic E-state index is 14.0. The highest BCUT2D eigenvalue weighted by atomic mass is 19.1. The minimum atomic E-state index is -0.124. The molecule has 2 nitrogen and oxygen atoms in total. The van der Waals surface area contributed by atoms with E-state index in [2.05, 4.69) is 4.90 Å². The first-order valence-corrected chi connectivity index (χ1v) is 6.90. The number of nitrogens with zero attached hydrogens (tertiary/aromatic N) is 1. The smallest absolute Gasteiger partial charge is 0.146 e. The molecule has 0 heterocycles. The molecule has 0 amide bonds. The van der Waals surface area contributed by atoms with Gasteiger partial charge in [-0.05, 0) is 49.4 Å². The molecule has 1 saturated carbocycles. The van der Waals surface area contributed by atoms with Crippen LogP contribution < -0.4 is 10.6 Å². The van der Waals surface area contributed by atoms with Gasteiger partial charge >= 0.3 is 0 Å². The molecule has 1 fully saturated rings. The summed E-state index contributed by atoms with van der Waals surface area (Å²) < 4.78 is 14.0. The van der Waals surface area contributed by atoms with Gasteiger partial charge in [-0.2, -0.15) is 0 Å². The quantitative estimate of drug-likeness (QED) is 0.870. The summed E-state index contributed by atoms with van der Waals surface area (Å²) in [7, 11) is 1.99. The molecule has 0 aliphatic heterocycles. The molecule has 0 spiro atoms. The molecule has 1 aromatic rings. The molecule has 0 bridgehead atoms. The molecular weight excluding hydrogens is 227 g/mol. The summed E-state index contributed by atoms with van der Waals surface area (Å²) in [5.41, 5.74) is 7.17. The number of benzene rings is 1. The molecule has 100 valence electrons. The van der Waals surface area contributed by atoms with Gasteiger partial charge in [0.25, 0.3) is 0 Å². The van der Waals surface area contributed by atoms with Crippen LogP contribution in [0.3, 0.4) is 0 Å². The van der Waals surface area contributed by atoms with Gasteiger partial charge in [0.1, 0.15) is 5.82 Å². The van der Waals surface area contributed by atoms with Gasteiger partial charge in [-0.15, -0.1) is 0 Å². The Morgan fingerprint density at radius 3 is 2.67 bits per heavy atom. The van der Waals surface area contributed by atoms with Crippen molar-refractivity contribution in [2.24, 2.45) is 11.7 Å². The van der Waals surface area contributed by atoms with Crippen molar-refractivity contribution in [1.82, 2.24) is 0 Å². The molecule has 2 rings (SSSR count). The molecule has 0 saturated heterocycles. The summed E-state index contributed by atoms with van der Waals surface area (Å²) in [6, 6.07) is 5.49. The molecule has 2 N–H and O–H groups in total. The summed E-state index contributed by atoms with van der Waals surface area (Å²) in [6.45, 7) is 1.53. The zero-order valence-corrected chi connectivity index (χ0v) is 11.2.